The molecule has 0 saturated heterocycles. The Morgan fingerprint density at radius 1 is 1.17 bits per heavy atom. The van der Waals surface area contributed by atoms with Crippen molar-refractivity contribution in [3.63, 3.8) is 0 Å². The molecule has 2 nitrogen and oxygen atoms in total. The van der Waals surface area contributed by atoms with Crippen molar-refractivity contribution in [1.82, 2.24) is 10.3 Å². The quantitative estimate of drug-likeness (QED) is 0.812. The lowest BCUT2D eigenvalue weighted by molar-refractivity contribution is 0.463. The van der Waals surface area contributed by atoms with Gasteiger partial charge >= 0.3 is 0 Å². The molecule has 2 heteroatoms. The molecule has 0 bridgehead atoms. The molecule has 0 aliphatic carbocycles. The third kappa shape index (κ3) is 2.70. The van der Waals surface area contributed by atoms with Gasteiger partial charge < -0.3 is 5.32 Å². The highest BCUT2D eigenvalue weighted by Gasteiger charge is 2.22. The Labute approximate surface area is 109 Å². The Morgan fingerprint density at radius 3 is 2.72 bits per heavy atom. The first-order valence-electron chi connectivity index (χ1n) is 6.69. The predicted octanol–water partition coefficient (Wildman–Crippen LogP) is 3.51. The number of nitrogens with zero attached hydrogens (tertiary/aromatic N) is 1. The zero-order valence-electron chi connectivity index (χ0n) is 11.5. The van der Waals surface area contributed by atoms with E-state index in [9.17, 15) is 0 Å². The van der Waals surface area contributed by atoms with Crippen molar-refractivity contribution < 1.29 is 0 Å². The number of aromatic nitrogens is 1. The summed E-state index contributed by atoms with van der Waals surface area (Å²) in [6.07, 6.45) is 5.09. The SMILES string of the molecule is CCNCCC(C)(C)c1cncc2ccccc12. The first kappa shape index (κ1) is 13.0. The molecule has 2 aromatic rings. The fraction of sp³-hybridized carbons (Fsp3) is 0.438. The topological polar surface area (TPSA) is 24.9 Å². The highest BCUT2D eigenvalue weighted by molar-refractivity contribution is 5.85. The van der Waals surface area contributed by atoms with E-state index in [2.05, 4.69) is 55.3 Å². The van der Waals surface area contributed by atoms with Crippen LogP contribution in [-0.2, 0) is 5.41 Å². The molecule has 1 aromatic carbocycles. The summed E-state index contributed by atoms with van der Waals surface area (Å²) in [6, 6.07) is 8.50. The van der Waals surface area contributed by atoms with Crippen molar-refractivity contribution in [1.29, 1.82) is 0 Å². The van der Waals surface area contributed by atoms with Crippen LogP contribution in [0.5, 0.6) is 0 Å². The van der Waals surface area contributed by atoms with Gasteiger partial charge in [-0.25, -0.2) is 0 Å². The number of fused-ring (bicyclic) bond motifs is 1. The summed E-state index contributed by atoms with van der Waals surface area (Å²) in [5.74, 6) is 0. The van der Waals surface area contributed by atoms with Gasteiger partial charge in [0.25, 0.3) is 0 Å². The number of nitrogens with one attached hydrogen (secondary N) is 1. The molecule has 2 rings (SSSR count). The second-order valence-electron chi connectivity index (χ2n) is 5.40. The van der Waals surface area contributed by atoms with E-state index in [-0.39, 0.29) is 5.41 Å². The second kappa shape index (κ2) is 5.49. The van der Waals surface area contributed by atoms with Crippen LogP contribution in [0.25, 0.3) is 10.8 Å². The summed E-state index contributed by atoms with van der Waals surface area (Å²) in [5, 5.41) is 5.96. The Bertz CT molecular complexity index is 512. The zero-order chi connectivity index (χ0) is 13.0. The number of pyridine rings is 1. The molecule has 1 heterocycles. The van der Waals surface area contributed by atoms with E-state index in [1.807, 2.05) is 12.4 Å². The van der Waals surface area contributed by atoms with Crippen molar-refractivity contribution in [2.45, 2.75) is 32.6 Å². The molecule has 0 saturated carbocycles. The van der Waals surface area contributed by atoms with Crippen molar-refractivity contribution >= 4 is 10.8 Å². The smallest absolute Gasteiger partial charge is 0.0346 e. The first-order valence-corrected chi connectivity index (χ1v) is 6.69. The average molecular weight is 242 g/mol. The zero-order valence-corrected chi connectivity index (χ0v) is 11.5. The van der Waals surface area contributed by atoms with Crippen molar-refractivity contribution in [2.24, 2.45) is 0 Å². The number of hydrogen-bond donors (Lipinski definition) is 1. The summed E-state index contributed by atoms with van der Waals surface area (Å²) in [4.78, 5) is 4.39. The fourth-order valence-corrected chi connectivity index (χ4v) is 2.37. The third-order valence-corrected chi connectivity index (χ3v) is 3.57. The van der Waals surface area contributed by atoms with Gasteiger partial charge in [-0.05, 0) is 35.9 Å². The van der Waals surface area contributed by atoms with E-state index >= 15 is 0 Å². The minimum absolute atomic E-state index is 0.149. The largest absolute Gasteiger partial charge is 0.317 e. The molecule has 0 amide bonds. The molecule has 0 spiro atoms. The molecule has 1 aromatic heterocycles. The van der Waals surface area contributed by atoms with E-state index < -0.39 is 0 Å². The maximum atomic E-state index is 4.39. The lowest BCUT2D eigenvalue weighted by atomic mass is 9.80. The molecule has 1 N–H and O–H groups in total. The Morgan fingerprint density at radius 2 is 1.94 bits per heavy atom. The minimum atomic E-state index is 0.149. The minimum Gasteiger partial charge on any atom is -0.317 e. The van der Waals surface area contributed by atoms with Gasteiger partial charge in [-0.15, -0.1) is 0 Å². The monoisotopic (exact) mass is 242 g/mol. The van der Waals surface area contributed by atoms with Gasteiger partial charge in [0, 0.05) is 17.8 Å². The van der Waals surface area contributed by atoms with Crippen LogP contribution in [-0.4, -0.2) is 18.1 Å². The first-order chi connectivity index (χ1) is 8.65. The molecule has 0 fully saturated rings. The predicted molar refractivity (Wildman–Crippen MR) is 77.9 cm³/mol. The third-order valence-electron chi connectivity index (χ3n) is 3.57. The Kier molecular flexibility index (Phi) is 3.97. The molecule has 0 aliphatic rings. The van der Waals surface area contributed by atoms with E-state index in [1.54, 1.807) is 0 Å². The molecule has 0 atom stereocenters. The maximum Gasteiger partial charge on any atom is 0.0346 e. The van der Waals surface area contributed by atoms with Gasteiger partial charge in [-0.2, -0.15) is 0 Å². The summed E-state index contributed by atoms with van der Waals surface area (Å²) < 4.78 is 0. The summed E-state index contributed by atoms with van der Waals surface area (Å²) >= 11 is 0. The van der Waals surface area contributed by atoms with Gasteiger partial charge in [0.05, 0.1) is 0 Å². The molecule has 18 heavy (non-hydrogen) atoms. The summed E-state index contributed by atoms with van der Waals surface area (Å²) in [6.45, 7) is 8.82. The molecular formula is C16H22N2. The standard InChI is InChI=1S/C16H22N2/c1-4-17-10-9-16(2,3)15-12-18-11-13-7-5-6-8-14(13)15/h5-8,11-12,17H,4,9-10H2,1-3H3. The van der Waals surface area contributed by atoms with Gasteiger partial charge in [-0.1, -0.05) is 45.0 Å². The van der Waals surface area contributed by atoms with E-state index in [1.165, 1.54) is 16.3 Å². The summed E-state index contributed by atoms with van der Waals surface area (Å²) in [5.41, 5.74) is 1.49. The Hall–Kier alpha value is -1.41. The Balaban J connectivity index is 2.34. The normalized spacial score (nSPS) is 11.9. The van der Waals surface area contributed by atoms with Crippen LogP contribution >= 0.6 is 0 Å². The van der Waals surface area contributed by atoms with Crippen LogP contribution in [0.1, 0.15) is 32.8 Å². The van der Waals surface area contributed by atoms with E-state index in [4.69, 9.17) is 0 Å². The average Bonchev–Trinajstić information content (AvgIpc) is 2.38. The molecule has 0 aliphatic heterocycles. The van der Waals surface area contributed by atoms with E-state index in [0.29, 0.717) is 0 Å². The fourth-order valence-electron chi connectivity index (χ4n) is 2.37. The van der Waals surface area contributed by atoms with Gasteiger partial charge in [0.2, 0.25) is 0 Å². The molecule has 0 radical (unpaired) electrons. The van der Waals surface area contributed by atoms with Gasteiger partial charge in [0.15, 0.2) is 0 Å². The van der Waals surface area contributed by atoms with Crippen LogP contribution in [0, 0.1) is 0 Å². The van der Waals surface area contributed by atoms with Crippen molar-refractivity contribution in [3.05, 3.63) is 42.2 Å². The van der Waals surface area contributed by atoms with Crippen LogP contribution < -0.4 is 5.32 Å². The lowest BCUT2D eigenvalue weighted by Crippen LogP contribution is -2.25. The van der Waals surface area contributed by atoms with E-state index in [0.717, 1.165) is 19.5 Å². The van der Waals surface area contributed by atoms with Crippen LogP contribution in [0.2, 0.25) is 0 Å². The second-order valence-corrected chi connectivity index (χ2v) is 5.40. The summed E-state index contributed by atoms with van der Waals surface area (Å²) in [7, 11) is 0. The van der Waals surface area contributed by atoms with Crippen LogP contribution in [0.3, 0.4) is 0 Å². The number of benzene rings is 1. The van der Waals surface area contributed by atoms with Gasteiger partial charge in [-0.3, -0.25) is 4.98 Å². The van der Waals surface area contributed by atoms with Crippen molar-refractivity contribution in [2.75, 3.05) is 13.1 Å². The maximum absolute atomic E-state index is 4.39. The van der Waals surface area contributed by atoms with Crippen molar-refractivity contribution in [3.8, 4) is 0 Å². The molecule has 0 unspecified atom stereocenters. The van der Waals surface area contributed by atoms with Gasteiger partial charge in [0.1, 0.15) is 0 Å². The number of hydrogen-bond acceptors (Lipinski definition) is 2. The highest BCUT2D eigenvalue weighted by Crippen LogP contribution is 2.31. The highest BCUT2D eigenvalue weighted by atomic mass is 14.8. The van der Waals surface area contributed by atoms with Crippen LogP contribution in [0.4, 0.5) is 0 Å². The van der Waals surface area contributed by atoms with Crippen LogP contribution in [0.15, 0.2) is 36.7 Å². The molecular weight excluding hydrogens is 220 g/mol. The number of rotatable bonds is 5. The molecule has 96 valence electrons. The lowest BCUT2D eigenvalue weighted by Gasteiger charge is -2.26.